The van der Waals surface area contributed by atoms with Gasteiger partial charge in [0.15, 0.2) is 0 Å². The van der Waals surface area contributed by atoms with Crippen molar-refractivity contribution in [2.75, 3.05) is 27.7 Å². The van der Waals surface area contributed by atoms with Gasteiger partial charge in [-0.25, -0.2) is 13.6 Å². The van der Waals surface area contributed by atoms with Gasteiger partial charge in [0.2, 0.25) is 10.0 Å². The number of primary sulfonamides is 1. The number of hydrogen-bond donors (Lipinski definition) is 2. The van der Waals surface area contributed by atoms with Gasteiger partial charge in [-0.2, -0.15) is 0 Å². The summed E-state index contributed by atoms with van der Waals surface area (Å²) in [6.07, 6.45) is 0. The Bertz CT molecular complexity index is 926. The Morgan fingerprint density at radius 1 is 1.22 bits per heavy atom. The van der Waals surface area contributed by atoms with Crippen LogP contribution in [-0.4, -0.2) is 47.0 Å². The lowest BCUT2D eigenvalue weighted by atomic mass is 10.0. The van der Waals surface area contributed by atoms with Gasteiger partial charge in [0, 0.05) is 17.7 Å². The maximum atomic E-state index is 12.7. The van der Waals surface area contributed by atoms with E-state index in [-0.39, 0.29) is 22.4 Å². The molecule has 0 radical (unpaired) electrons. The van der Waals surface area contributed by atoms with Crippen LogP contribution in [0.2, 0.25) is 0 Å². The molecule has 7 nitrogen and oxygen atoms in total. The van der Waals surface area contributed by atoms with Crippen LogP contribution in [0.3, 0.4) is 0 Å². The number of nitrogens with zero attached hydrogens (tertiary/aromatic N) is 1. The topological polar surface area (TPSA) is 102 Å². The number of nitrogens with two attached hydrogens (primary N) is 1. The second kappa shape index (κ2) is 8.51. The first-order valence-corrected chi connectivity index (χ1v) is 9.90. The van der Waals surface area contributed by atoms with Crippen LogP contribution in [0.4, 0.5) is 0 Å². The van der Waals surface area contributed by atoms with Gasteiger partial charge in [-0.05, 0) is 44.8 Å². The van der Waals surface area contributed by atoms with Crippen molar-refractivity contribution in [3.05, 3.63) is 59.2 Å². The highest BCUT2D eigenvalue weighted by Gasteiger charge is 2.20. The lowest BCUT2D eigenvalue weighted by Gasteiger charge is -2.26. The summed E-state index contributed by atoms with van der Waals surface area (Å²) in [5.74, 6) is 0.373. The number of carbonyl (C=O) groups is 1. The van der Waals surface area contributed by atoms with Crippen molar-refractivity contribution in [2.45, 2.75) is 17.9 Å². The van der Waals surface area contributed by atoms with Crippen LogP contribution in [0.1, 0.15) is 27.5 Å². The molecule has 0 aliphatic heterocycles. The number of amides is 1. The van der Waals surface area contributed by atoms with Crippen LogP contribution >= 0.6 is 0 Å². The molecule has 8 heteroatoms. The third-order valence-corrected chi connectivity index (χ3v) is 5.27. The zero-order valence-electron chi connectivity index (χ0n) is 15.9. The molecule has 2 aromatic rings. The Labute approximate surface area is 160 Å². The Morgan fingerprint density at radius 3 is 2.48 bits per heavy atom. The van der Waals surface area contributed by atoms with Crippen molar-refractivity contribution in [1.82, 2.24) is 10.2 Å². The second-order valence-corrected chi connectivity index (χ2v) is 8.01. The van der Waals surface area contributed by atoms with Gasteiger partial charge in [0.1, 0.15) is 5.75 Å². The molecule has 1 unspecified atom stereocenters. The third-order valence-electron chi connectivity index (χ3n) is 4.36. The summed E-state index contributed by atoms with van der Waals surface area (Å²) < 4.78 is 28.5. The van der Waals surface area contributed by atoms with Crippen LogP contribution in [0.15, 0.2) is 47.4 Å². The molecule has 3 N–H and O–H groups in total. The first-order valence-electron chi connectivity index (χ1n) is 8.36. The standard InChI is InChI=1S/C19H25N3O4S/c1-13-9-10-14(27(20,24)25)11-16(13)19(23)21-12-17(22(2)3)15-7-5-6-8-18(15)26-4/h5-11,17H,12H2,1-4H3,(H,21,23)(H2,20,24,25). The predicted octanol–water partition coefficient (Wildman–Crippen LogP) is 1.68. The summed E-state index contributed by atoms with van der Waals surface area (Å²) in [4.78, 5) is 14.5. The average Bonchev–Trinajstić information content (AvgIpc) is 2.61. The molecule has 2 aromatic carbocycles. The minimum atomic E-state index is -3.88. The lowest BCUT2D eigenvalue weighted by Crippen LogP contribution is -2.35. The quantitative estimate of drug-likeness (QED) is 0.748. The van der Waals surface area contributed by atoms with E-state index >= 15 is 0 Å². The first kappa shape index (κ1) is 20.9. The normalized spacial score (nSPS) is 12.7. The molecule has 0 fully saturated rings. The van der Waals surface area contributed by atoms with Crippen LogP contribution in [-0.2, 0) is 10.0 Å². The van der Waals surface area contributed by atoms with Gasteiger partial charge in [-0.15, -0.1) is 0 Å². The molecular formula is C19H25N3O4S. The van der Waals surface area contributed by atoms with E-state index in [9.17, 15) is 13.2 Å². The number of methoxy groups -OCH3 is 1. The minimum Gasteiger partial charge on any atom is -0.496 e. The van der Waals surface area contributed by atoms with E-state index < -0.39 is 10.0 Å². The fourth-order valence-corrected chi connectivity index (χ4v) is 3.36. The monoisotopic (exact) mass is 391 g/mol. The average molecular weight is 391 g/mol. The number of likely N-dealkylation sites (N-methyl/N-ethyl adjacent to an activating group) is 1. The lowest BCUT2D eigenvalue weighted by molar-refractivity contribution is 0.0940. The van der Waals surface area contributed by atoms with Gasteiger partial charge in [-0.1, -0.05) is 24.3 Å². The minimum absolute atomic E-state index is 0.0906. The third kappa shape index (κ3) is 5.06. The van der Waals surface area contributed by atoms with E-state index in [0.717, 1.165) is 11.3 Å². The molecule has 0 aliphatic rings. The summed E-state index contributed by atoms with van der Waals surface area (Å²) in [6.45, 7) is 2.07. The smallest absolute Gasteiger partial charge is 0.251 e. The molecule has 1 amide bonds. The van der Waals surface area contributed by atoms with Crippen molar-refractivity contribution in [3.63, 3.8) is 0 Å². The number of carbonyl (C=O) groups excluding carboxylic acids is 1. The van der Waals surface area contributed by atoms with E-state index in [0.29, 0.717) is 12.1 Å². The number of nitrogens with one attached hydrogen (secondary N) is 1. The highest BCUT2D eigenvalue weighted by atomic mass is 32.2. The van der Waals surface area contributed by atoms with Crippen molar-refractivity contribution in [1.29, 1.82) is 0 Å². The Morgan fingerprint density at radius 2 is 1.89 bits per heavy atom. The zero-order chi connectivity index (χ0) is 20.2. The summed E-state index contributed by atoms with van der Waals surface area (Å²) in [5, 5.41) is 8.04. The SMILES string of the molecule is COc1ccccc1C(CNC(=O)c1cc(S(N)(=O)=O)ccc1C)N(C)C. The van der Waals surface area contributed by atoms with Crippen LogP contribution in [0.5, 0.6) is 5.75 Å². The number of benzene rings is 2. The summed E-state index contributed by atoms with van der Waals surface area (Å²) in [5.41, 5.74) is 1.89. The van der Waals surface area contributed by atoms with Crippen molar-refractivity contribution in [2.24, 2.45) is 5.14 Å². The van der Waals surface area contributed by atoms with Crippen LogP contribution < -0.4 is 15.2 Å². The number of rotatable bonds is 7. The van der Waals surface area contributed by atoms with Crippen molar-refractivity contribution >= 4 is 15.9 Å². The van der Waals surface area contributed by atoms with E-state index in [1.165, 1.54) is 12.1 Å². The fraction of sp³-hybridized carbons (Fsp3) is 0.316. The van der Waals surface area contributed by atoms with Gasteiger partial charge < -0.3 is 15.0 Å². The summed E-state index contributed by atoms with van der Waals surface area (Å²) >= 11 is 0. The van der Waals surface area contributed by atoms with E-state index in [1.807, 2.05) is 43.3 Å². The van der Waals surface area contributed by atoms with Crippen molar-refractivity contribution < 1.29 is 17.9 Å². The van der Waals surface area contributed by atoms with Crippen LogP contribution in [0.25, 0.3) is 0 Å². The van der Waals surface area contributed by atoms with E-state index in [4.69, 9.17) is 9.88 Å². The number of ether oxygens (including phenoxy) is 1. The molecular weight excluding hydrogens is 366 g/mol. The molecule has 0 heterocycles. The largest absolute Gasteiger partial charge is 0.496 e. The van der Waals surface area contributed by atoms with Crippen LogP contribution in [0, 0.1) is 6.92 Å². The summed E-state index contributed by atoms with van der Waals surface area (Å²) in [6, 6.07) is 11.7. The summed E-state index contributed by atoms with van der Waals surface area (Å²) in [7, 11) is 1.55. The predicted molar refractivity (Wildman–Crippen MR) is 104 cm³/mol. The molecule has 27 heavy (non-hydrogen) atoms. The Balaban J connectivity index is 2.25. The highest BCUT2D eigenvalue weighted by molar-refractivity contribution is 7.89. The Hall–Kier alpha value is -2.42. The molecule has 0 aliphatic carbocycles. The fourth-order valence-electron chi connectivity index (χ4n) is 2.82. The van der Waals surface area contributed by atoms with Gasteiger partial charge in [0.05, 0.1) is 18.0 Å². The molecule has 0 saturated carbocycles. The van der Waals surface area contributed by atoms with Gasteiger partial charge >= 0.3 is 0 Å². The number of sulfonamides is 1. The van der Waals surface area contributed by atoms with E-state index in [2.05, 4.69) is 5.32 Å². The molecule has 146 valence electrons. The molecule has 0 spiro atoms. The number of aryl methyl sites for hydroxylation is 1. The number of hydrogen-bond acceptors (Lipinski definition) is 5. The maximum absolute atomic E-state index is 12.7. The maximum Gasteiger partial charge on any atom is 0.251 e. The van der Waals surface area contributed by atoms with E-state index in [1.54, 1.807) is 20.1 Å². The molecule has 2 rings (SSSR count). The van der Waals surface area contributed by atoms with Gasteiger partial charge in [0.25, 0.3) is 5.91 Å². The zero-order valence-corrected chi connectivity index (χ0v) is 16.7. The number of para-hydroxylation sites is 1. The van der Waals surface area contributed by atoms with Crippen molar-refractivity contribution in [3.8, 4) is 5.75 Å². The molecule has 0 bridgehead atoms. The molecule has 0 saturated heterocycles. The highest BCUT2D eigenvalue weighted by Crippen LogP contribution is 2.27. The Kier molecular flexibility index (Phi) is 6.59. The molecule has 1 atom stereocenters. The van der Waals surface area contributed by atoms with Gasteiger partial charge in [-0.3, -0.25) is 4.79 Å². The second-order valence-electron chi connectivity index (χ2n) is 6.45. The first-order chi connectivity index (χ1) is 12.6. The molecule has 0 aromatic heterocycles.